The van der Waals surface area contributed by atoms with E-state index in [4.69, 9.17) is 0 Å². The topological polar surface area (TPSA) is 112 Å². The third-order valence-corrected chi connectivity index (χ3v) is 7.35. The maximum absolute atomic E-state index is 11.0. The summed E-state index contributed by atoms with van der Waals surface area (Å²) in [5.74, 6) is -0.540. The molecule has 7 rings (SSSR count). The summed E-state index contributed by atoms with van der Waals surface area (Å²) in [5.41, 5.74) is 6.61. The number of aromatic amines is 2. The molecule has 0 amide bonds. The fraction of sp³-hybridized carbons (Fsp3) is 0.0667. The zero-order chi connectivity index (χ0) is 24.6. The van der Waals surface area contributed by atoms with Crippen molar-refractivity contribution in [1.82, 2.24) is 9.97 Å². The lowest BCUT2D eigenvalue weighted by molar-refractivity contribution is 0.450. The van der Waals surface area contributed by atoms with Gasteiger partial charge in [0.05, 0.1) is 11.8 Å². The van der Waals surface area contributed by atoms with Gasteiger partial charge >= 0.3 is 0 Å². The van der Waals surface area contributed by atoms with Crippen LogP contribution in [0, 0.1) is 0 Å². The number of phenols is 4. The number of rotatable bonds is 2. The van der Waals surface area contributed by atoms with Gasteiger partial charge in [0.25, 0.3) is 0 Å². The first-order valence-electron chi connectivity index (χ1n) is 11.8. The molecule has 6 N–H and O–H groups in total. The summed E-state index contributed by atoms with van der Waals surface area (Å²) in [6.45, 7) is 0. The van der Waals surface area contributed by atoms with Gasteiger partial charge in [0, 0.05) is 44.3 Å². The number of fused-ring (bicyclic) bond motifs is 6. The van der Waals surface area contributed by atoms with Crippen molar-refractivity contribution < 1.29 is 20.4 Å². The highest BCUT2D eigenvalue weighted by Gasteiger charge is 2.41. The Bertz CT molecular complexity index is 1680. The van der Waals surface area contributed by atoms with Crippen LogP contribution in [0.1, 0.15) is 45.5 Å². The van der Waals surface area contributed by atoms with Crippen molar-refractivity contribution in [1.29, 1.82) is 0 Å². The van der Waals surface area contributed by atoms with Crippen LogP contribution in [0.15, 0.2) is 84.9 Å². The maximum atomic E-state index is 11.0. The molecular formula is C30H22N2O4. The normalized spacial score (nSPS) is 16.8. The number of nitrogens with one attached hydrogen (secondary N) is 2. The monoisotopic (exact) mass is 474 g/mol. The Kier molecular flexibility index (Phi) is 4.18. The van der Waals surface area contributed by atoms with Gasteiger partial charge in [0.1, 0.15) is 23.0 Å². The van der Waals surface area contributed by atoms with Crippen molar-refractivity contribution >= 4 is 21.8 Å². The van der Waals surface area contributed by atoms with Crippen LogP contribution in [0.25, 0.3) is 21.8 Å². The summed E-state index contributed by atoms with van der Waals surface area (Å²) in [6, 6.07) is 25.1. The lowest BCUT2D eigenvalue weighted by Crippen LogP contribution is -2.19. The molecule has 0 saturated carbocycles. The van der Waals surface area contributed by atoms with E-state index < -0.39 is 11.8 Å². The first-order valence-corrected chi connectivity index (χ1v) is 11.8. The number of benzene rings is 4. The molecule has 0 bridgehead atoms. The van der Waals surface area contributed by atoms with Gasteiger partial charge in [-0.2, -0.15) is 0 Å². The zero-order valence-corrected chi connectivity index (χ0v) is 19.0. The molecule has 2 heterocycles. The molecule has 0 spiro atoms. The molecule has 2 atom stereocenters. The zero-order valence-electron chi connectivity index (χ0n) is 19.0. The fourth-order valence-electron chi connectivity index (χ4n) is 5.90. The largest absolute Gasteiger partial charge is 0.508 e. The predicted octanol–water partition coefficient (Wildman–Crippen LogP) is 6.15. The van der Waals surface area contributed by atoms with Crippen molar-refractivity contribution in [3.05, 3.63) is 119 Å². The molecule has 2 aromatic heterocycles. The number of aromatic nitrogens is 2. The Balaban J connectivity index is 1.66. The van der Waals surface area contributed by atoms with Crippen LogP contribution in [-0.2, 0) is 0 Å². The number of hydrogen-bond donors (Lipinski definition) is 6. The van der Waals surface area contributed by atoms with E-state index in [9.17, 15) is 20.4 Å². The van der Waals surface area contributed by atoms with E-state index >= 15 is 0 Å². The Labute approximate surface area is 205 Å². The lowest BCUT2D eigenvalue weighted by Gasteiger charge is -2.31. The van der Waals surface area contributed by atoms with Gasteiger partial charge in [0.2, 0.25) is 0 Å². The molecule has 1 aliphatic rings. The van der Waals surface area contributed by atoms with E-state index in [2.05, 4.69) is 9.97 Å². The Hall–Kier alpha value is -4.84. The minimum Gasteiger partial charge on any atom is -0.508 e. The fourth-order valence-corrected chi connectivity index (χ4v) is 5.90. The van der Waals surface area contributed by atoms with E-state index in [-0.39, 0.29) is 23.0 Å². The molecule has 36 heavy (non-hydrogen) atoms. The highest BCUT2D eigenvalue weighted by atomic mass is 16.3. The van der Waals surface area contributed by atoms with Crippen LogP contribution in [-0.4, -0.2) is 30.4 Å². The molecule has 6 aromatic rings. The van der Waals surface area contributed by atoms with Crippen LogP contribution < -0.4 is 0 Å². The average Bonchev–Trinajstić information content (AvgIpc) is 3.45. The summed E-state index contributed by atoms with van der Waals surface area (Å²) in [7, 11) is 0. The van der Waals surface area contributed by atoms with Crippen molar-refractivity contribution in [3.8, 4) is 23.0 Å². The quantitative estimate of drug-likeness (QED) is 0.169. The molecule has 6 heteroatoms. The number of hydrogen-bond acceptors (Lipinski definition) is 4. The van der Waals surface area contributed by atoms with Crippen molar-refractivity contribution in [2.24, 2.45) is 0 Å². The lowest BCUT2D eigenvalue weighted by atomic mass is 9.72. The molecular weight excluding hydrogens is 452 g/mol. The Morgan fingerprint density at radius 2 is 0.917 bits per heavy atom. The molecule has 0 saturated heterocycles. The van der Waals surface area contributed by atoms with Crippen LogP contribution in [0.3, 0.4) is 0 Å². The van der Waals surface area contributed by atoms with Crippen LogP contribution in [0.5, 0.6) is 23.0 Å². The van der Waals surface area contributed by atoms with Crippen molar-refractivity contribution in [3.63, 3.8) is 0 Å². The SMILES string of the molecule is Oc1ccc(O)c(C2c3[nH]c4ccccc4c3C(c3cc(O)ccc3O)c3[nH]c4ccccc4c32)c1. The molecule has 176 valence electrons. The smallest absolute Gasteiger partial charge is 0.120 e. The van der Waals surface area contributed by atoms with Gasteiger partial charge in [-0.05, 0) is 59.7 Å². The summed E-state index contributed by atoms with van der Waals surface area (Å²) >= 11 is 0. The van der Waals surface area contributed by atoms with E-state index in [1.807, 2.05) is 48.5 Å². The highest BCUT2D eigenvalue weighted by Crippen LogP contribution is 2.55. The number of phenolic OH excluding ortho intramolecular Hbond substituents is 4. The van der Waals surface area contributed by atoms with Gasteiger partial charge in [-0.3, -0.25) is 0 Å². The number of aromatic hydroxyl groups is 4. The second kappa shape index (κ2) is 7.33. The molecule has 0 radical (unpaired) electrons. The van der Waals surface area contributed by atoms with Crippen molar-refractivity contribution in [2.75, 3.05) is 0 Å². The van der Waals surface area contributed by atoms with Crippen LogP contribution in [0.4, 0.5) is 0 Å². The second-order valence-electron chi connectivity index (χ2n) is 9.35. The van der Waals surface area contributed by atoms with E-state index in [0.29, 0.717) is 11.1 Å². The third kappa shape index (κ3) is 2.78. The first kappa shape index (κ1) is 20.5. The van der Waals surface area contributed by atoms with Gasteiger partial charge in [0.15, 0.2) is 0 Å². The minimum absolute atomic E-state index is 0.0644. The molecule has 4 aromatic carbocycles. The second-order valence-corrected chi connectivity index (χ2v) is 9.35. The summed E-state index contributed by atoms with van der Waals surface area (Å²) in [5, 5.41) is 44.7. The van der Waals surface area contributed by atoms with E-state index in [1.54, 1.807) is 12.1 Å². The molecule has 1 aliphatic carbocycles. The first-order chi connectivity index (χ1) is 17.5. The molecule has 6 nitrogen and oxygen atoms in total. The van der Waals surface area contributed by atoms with Gasteiger partial charge < -0.3 is 30.4 Å². The average molecular weight is 475 g/mol. The summed E-state index contributed by atoms with van der Waals surface area (Å²) < 4.78 is 0. The molecule has 0 fully saturated rings. The highest BCUT2D eigenvalue weighted by molar-refractivity contribution is 5.93. The summed E-state index contributed by atoms with van der Waals surface area (Å²) in [6.07, 6.45) is 0. The van der Waals surface area contributed by atoms with Crippen molar-refractivity contribution in [2.45, 2.75) is 11.8 Å². The van der Waals surface area contributed by atoms with E-state index in [1.165, 1.54) is 24.3 Å². The molecule has 2 unspecified atom stereocenters. The minimum atomic E-state index is -0.415. The maximum Gasteiger partial charge on any atom is 0.120 e. The Morgan fingerprint density at radius 3 is 1.36 bits per heavy atom. The standard InChI is InChI=1S/C30H22N2O4/c33-15-9-11-23(35)19(13-15)27-25-17-5-1-3-7-21(17)31-29(25)28(20-14-16(34)10-12-24(20)36)26-18-6-2-4-8-22(18)32-30(26)27/h1-14,27-28,31-36H. The van der Waals surface area contributed by atoms with Gasteiger partial charge in [-0.15, -0.1) is 0 Å². The Morgan fingerprint density at radius 1 is 0.500 bits per heavy atom. The van der Waals surface area contributed by atoms with Gasteiger partial charge in [-0.1, -0.05) is 36.4 Å². The predicted molar refractivity (Wildman–Crippen MR) is 138 cm³/mol. The third-order valence-electron chi connectivity index (χ3n) is 7.35. The van der Waals surface area contributed by atoms with E-state index in [0.717, 1.165) is 44.3 Å². The molecule has 0 aliphatic heterocycles. The summed E-state index contributed by atoms with van der Waals surface area (Å²) in [4.78, 5) is 7.18. The number of para-hydroxylation sites is 2. The number of H-pyrrole nitrogens is 2. The van der Waals surface area contributed by atoms with Crippen LogP contribution in [0.2, 0.25) is 0 Å². The van der Waals surface area contributed by atoms with Gasteiger partial charge in [-0.25, -0.2) is 0 Å². The van der Waals surface area contributed by atoms with Crippen LogP contribution >= 0.6 is 0 Å².